The number of carbonyl (C=O) groups is 1. The van der Waals surface area contributed by atoms with Gasteiger partial charge in [-0.3, -0.25) is 0 Å². The number of aliphatic hydroxyl groups excluding tert-OH is 1. The molecule has 3 heteroatoms. The number of carboxylic acids is 1. The van der Waals surface area contributed by atoms with Crippen LogP contribution in [-0.2, 0) is 4.79 Å². The molecule has 0 heterocycles. The van der Waals surface area contributed by atoms with Crippen LogP contribution in [0.15, 0.2) is 12.2 Å². The van der Waals surface area contributed by atoms with Crippen LogP contribution in [0, 0.1) is 0 Å². The van der Waals surface area contributed by atoms with Crippen molar-refractivity contribution in [3.8, 4) is 0 Å². The van der Waals surface area contributed by atoms with Crippen molar-refractivity contribution >= 4 is 5.97 Å². The summed E-state index contributed by atoms with van der Waals surface area (Å²) in [6.07, 6.45) is 20.9. The van der Waals surface area contributed by atoms with Crippen LogP contribution >= 0.6 is 0 Å². The van der Waals surface area contributed by atoms with E-state index in [1.165, 1.54) is 83.5 Å². The Morgan fingerprint density at radius 1 is 0.583 bits per heavy atom. The smallest absolute Gasteiger partial charge is 0.330 e. The molecule has 0 amide bonds. The molecule has 0 bridgehead atoms. The third-order valence-electron chi connectivity index (χ3n) is 4.69. The van der Waals surface area contributed by atoms with Gasteiger partial charge in [0.15, 0.2) is 0 Å². The van der Waals surface area contributed by atoms with Crippen LogP contribution in [-0.4, -0.2) is 22.8 Å². The normalized spacial score (nSPS) is 10.9. The molecule has 0 rings (SSSR count). The van der Waals surface area contributed by atoms with Crippen LogP contribution < -0.4 is 0 Å². The summed E-state index contributed by atoms with van der Waals surface area (Å²) < 4.78 is 0. The summed E-state index contributed by atoms with van der Waals surface area (Å²) in [5.41, 5.74) is 0.347. The van der Waals surface area contributed by atoms with E-state index in [1.54, 1.807) is 0 Å². The van der Waals surface area contributed by atoms with Crippen LogP contribution in [0.3, 0.4) is 0 Å². The molecule has 0 unspecified atom stereocenters. The van der Waals surface area contributed by atoms with Crippen molar-refractivity contribution in [2.24, 2.45) is 0 Å². The molecule has 0 fully saturated rings. The third-order valence-corrected chi connectivity index (χ3v) is 4.69. The van der Waals surface area contributed by atoms with Crippen LogP contribution in [0.1, 0.15) is 109 Å². The van der Waals surface area contributed by atoms with Gasteiger partial charge in [0.25, 0.3) is 0 Å². The van der Waals surface area contributed by atoms with Gasteiger partial charge >= 0.3 is 5.97 Å². The van der Waals surface area contributed by atoms with Crippen molar-refractivity contribution in [1.82, 2.24) is 0 Å². The first kappa shape index (κ1) is 23.2. The molecule has 0 aliphatic heterocycles. The second-order valence-electron chi connectivity index (χ2n) is 7.04. The topological polar surface area (TPSA) is 57.5 Å². The van der Waals surface area contributed by atoms with Gasteiger partial charge in [-0.2, -0.15) is 0 Å². The van der Waals surface area contributed by atoms with Crippen LogP contribution in [0.2, 0.25) is 0 Å². The summed E-state index contributed by atoms with van der Waals surface area (Å²) in [6, 6.07) is 0. The van der Waals surface area contributed by atoms with E-state index in [0.717, 1.165) is 19.3 Å². The number of rotatable bonds is 19. The SMILES string of the molecule is C=C(CCCCCCCCCCCCCCCCCCO)C(=O)O. The van der Waals surface area contributed by atoms with E-state index in [2.05, 4.69) is 6.58 Å². The molecule has 3 nitrogen and oxygen atoms in total. The van der Waals surface area contributed by atoms with Crippen molar-refractivity contribution in [1.29, 1.82) is 0 Å². The maximum absolute atomic E-state index is 10.6. The maximum atomic E-state index is 10.6. The highest BCUT2D eigenvalue weighted by Crippen LogP contribution is 2.14. The lowest BCUT2D eigenvalue weighted by molar-refractivity contribution is -0.132. The van der Waals surface area contributed by atoms with Crippen molar-refractivity contribution in [3.63, 3.8) is 0 Å². The molecule has 2 N–H and O–H groups in total. The molecule has 24 heavy (non-hydrogen) atoms. The monoisotopic (exact) mass is 340 g/mol. The number of hydrogen-bond donors (Lipinski definition) is 2. The first-order valence-corrected chi connectivity index (χ1v) is 10.2. The predicted molar refractivity (Wildman–Crippen MR) is 102 cm³/mol. The Morgan fingerprint density at radius 2 is 0.875 bits per heavy atom. The van der Waals surface area contributed by atoms with Gasteiger partial charge in [0.1, 0.15) is 0 Å². The Morgan fingerprint density at radius 3 is 1.17 bits per heavy atom. The minimum absolute atomic E-state index is 0.347. The number of hydrogen-bond acceptors (Lipinski definition) is 2. The Balaban J connectivity index is 3.05. The van der Waals surface area contributed by atoms with E-state index in [4.69, 9.17) is 10.2 Å². The lowest BCUT2D eigenvalue weighted by atomic mass is 10.0. The number of unbranched alkanes of at least 4 members (excludes halogenated alkanes) is 15. The van der Waals surface area contributed by atoms with Crippen molar-refractivity contribution in [2.75, 3.05) is 6.61 Å². The van der Waals surface area contributed by atoms with Gasteiger partial charge in [0, 0.05) is 12.2 Å². The molecule has 0 aromatic heterocycles. The van der Waals surface area contributed by atoms with Crippen molar-refractivity contribution in [2.45, 2.75) is 109 Å². The molecule has 0 radical (unpaired) electrons. The number of carboxylic acid groups (broad SMARTS) is 1. The Labute approximate surface area is 149 Å². The van der Waals surface area contributed by atoms with Crippen LogP contribution in [0.4, 0.5) is 0 Å². The van der Waals surface area contributed by atoms with Gasteiger partial charge in [-0.15, -0.1) is 0 Å². The minimum atomic E-state index is -0.850. The fourth-order valence-corrected chi connectivity index (χ4v) is 3.03. The fourth-order valence-electron chi connectivity index (χ4n) is 3.03. The quantitative estimate of drug-likeness (QED) is 0.216. The van der Waals surface area contributed by atoms with E-state index < -0.39 is 5.97 Å². The van der Waals surface area contributed by atoms with Gasteiger partial charge < -0.3 is 10.2 Å². The van der Waals surface area contributed by atoms with Gasteiger partial charge in [-0.25, -0.2) is 4.79 Å². The Kier molecular flexibility index (Phi) is 17.9. The summed E-state index contributed by atoms with van der Waals surface area (Å²) >= 11 is 0. The van der Waals surface area contributed by atoms with E-state index >= 15 is 0 Å². The molecule has 0 aliphatic rings. The second-order valence-corrected chi connectivity index (χ2v) is 7.04. The molecule has 0 atom stereocenters. The van der Waals surface area contributed by atoms with Gasteiger partial charge in [-0.1, -0.05) is 96.5 Å². The zero-order valence-corrected chi connectivity index (χ0v) is 15.7. The fraction of sp³-hybridized carbons (Fsp3) is 0.857. The van der Waals surface area contributed by atoms with Crippen LogP contribution in [0.5, 0.6) is 0 Å². The zero-order chi connectivity index (χ0) is 17.9. The average Bonchev–Trinajstić information content (AvgIpc) is 2.57. The summed E-state index contributed by atoms with van der Waals surface area (Å²) in [7, 11) is 0. The predicted octanol–water partition coefficient (Wildman–Crippen LogP) is 6.25. The van der Waals surface area contributed by atoms with Gasteiger partial charge in [-0.05, 0) is 19.3 Å². The van der Waals surface area contributed by atoms with E-state index in [1.807, 2.05) is 0 Å². The lowest BCUT2D eigenvalue weighted by Gasteiger charge is -2.04. The molecular formula is C21H40O3. The Hall–Kier alpha value is -0.830. The molecular weight excluding hydrogens is 300 g/mol. The van der Waals surface area contributed by atoms with Crippen molar-refractivity contribution in [3.05, 3.63) is 12.2 Å². The molecule has 0 saturated heterocycles. The van der Waals surface area contributed by atoms with Crippen LogP contribution in [0.25, 0.3) is 0 Å². The minimum Gasteiger partial charge on any atom is -0.478 e. The molecule has 0 aromatic carbocycles. The average molecular weight is 341 g/mol. The van der Waals surface area contributed by atoms with Crippen molar-refractivity contribution < 1.29 is 15.0 Å². The highest BCUT2D eigenvalue weighted by molar-refractivity contribution is 5.85. The first-order valence-electron chi connectivity index (χ1n) is 10.2. The molecule has 142 valence electrons. The zero-order valence-electron chi connectivity index (χ0n) is 15.7. The number of aliphatic carboxylic acids is 1. The maximum Gasteiger partial charge on any atom is 0.330 e. The Bertz CT molecular complexity index is 299. The summed E-state index contributed by atoms with van der Waals surface area (Å²) in [6.45, 7) is 3.90. The number of aliphatic hydroxyl groups is 1. The van der Waals surface area contributed by atoms with E-state index in [0.29, 0.717) is 18.6 Å². The second kappa shape index (κ2) is 18.5. The first-order chi connectivity index (χ1) is 11.7. The molecule has 0 spiro atoms. The summed E-state index contributed by atoms with van der Waals surface area (Å²) in [5.74, 6) is -0.850. The molecule has 0 aliphatic carbocycles. The lowest BCUT2D eigenvalue weighted by Crippen LogP contribution is -1.98. The third kappa shape index (κ3) is 17.5. The largest absolute Gasteiger partial charge is 0.478 e. The van der Waals surface area contributed by atoms with Gasteiger partial charge in [0.2, 0.25) is 0 Å². The summed E-state index contributed by atoms with van der Waals surface area (Å²) in [5, 5.41) is 17.4. The van der Waals surface area contributed by atoms with Gasteiger partial charge in [0.05, 0.1) is 0 Å². The highest BCUT2D eigenvalue weighted by atomic mass is 16.4. The summed E-state index contributed by atoms with van der Waals surface area (Å²) in [4.78, 5) is 10.6. The highest BCUT2D eigenvalue weighted by Gasteiger charge is 2.02. The molecule has 0 saturated carbocycles. The standard InChI is InChI=1S/C21H40O3/c1-20(21(23)24)18-16-14-12-10-8-6-4-2-3-5-7-9-11-13-15-17-19-22/h22H,1-19H2,(H,23,24). The molecule has 0 aromatic rings. The van der Waals surface area contributed by atoms with E-state index in [-0.39, 0.29) is 0 Å². The van der Waals surface area contributed by atoms with E-state index in [9.17, 15) is 4.79 Å².